The average molecular weight is 161 g/mol. The molecule has 0 bridgehead atoms. The molecular formula is C9H23NO. The van der Waals surface area contributed by atoms with E-state index >= 15 is 0 Å². The number of nitrogens with one attached hydrogen (secondary N) is 1. The van der Waals surface area contributed by atoms with Gasteiger partial charge in [-0.1, -0.05) is 27.7 Å². The molecule has 0 aliphatic carbocycles. The van der Waals surface area contributed by atoms with E-state index in [-0.39, 0.29) is 0 Å². The highest BCUT2D eigenvalue weighted by Crippen LogP contribution is 2.02. The van der Waals surface area contributed by atoms with E-state index in [0.29, 0.717) is 12.6 Å². The van der Waals surface area contributed by atoms with Crippen LogP contribution in [0, 0.1) is 0 Å². The second kappa shape index (κ2) is 12.6. The van der Waals surface area contributed by atoms with Gasteiger partial charge in [0.2, 0.25) is 0 Å². The molecule has 0 amide bonds. The lowest BCUT2D eigenvalue weighted by atomic mass is 10.2. The zero-order valence-electron chi connectivity index (χ0n) is 8.35. The second-order valence-corrected chi connectivity index (χ2v) is 1.98. The number of aliphatic hydroxyl groups is 1. The monoisotopic (exact) mass is 161 g/mol. The molecule has 1 saturated heterocycles. The van der Waals surface area contributed by atoms with Crippen LogP contribution in [0.1, 0.15) is 40.5 Å². The van der Waals surface area contributed by atoms with Crippen molar-refractivity contribution in [2.24, 2.45) is 0 Å². The normalized spacial score (nSPS) is 21.0. The van der Waals surface area contributed by atoms with Crippen LogP contribution < -0.4 is 5.32 Å². The van der Waals surface area contributed by atoms with Crippen molar-refractivity contribution in [2.45, 2.75) is 46.6 Å². The summed E-state index contributed by atoms with van der Waals surface area (Å²) in [7, 11) is 0. The Morgan fingerprint density at radius 1 is 1.27 bits per heavy atom. The molecule has 0 saturated carbocycles. The van der Waals surface area contributed by atoms with Crippen molar-refractivity contribution in [1.29, 1.82) is 0 Å². The Balaban J connectivity index is 0. The number of hydrogen-bond donors (Lipinski definition) is 2. The molecule has 1 fully saturated rings. The first-order valence-corrected chi connectivity index (χ1v) is 4.77. The molecule has 1 heterocycles. The lowest BCUT2D eigenvalue weighted by Gasteiger charge is -2.01. The minimum absolute atomic E-state index is 0.306. The predicted octanol–water partition coefficient (Wildman–Crippen LogP) is 1.78. The molecule has 2 nitrogen and oxygen atoms in total. The number of hydrogen-bond acceptors (Lipinski definition) is 2. The Bertz CT molecular complexity index is 51.5. The molecule has 0 aromatic rings. The predicted molar refractivity (Wildman–Crippen MR) is 50.8 cm³/mol. The van der Waals surface area contributed by atoms with E-state index in [1.54, 1.807) is 0 Å². The first-order chi connectivity index (χ1) is 5.43. The summed E-state index contributed by atoms with van der Waals surface area (Å²) in [6.45, 7) is 9.39. The van der Waals surface area contributed by atoms with Gasteiger partial charge in [0.25, 0.3) is 0 Å². The average Bonchev–Trinajstić information content (AvgIpc) is 2.63. The van der Waals surface area contributed by atoms with Crippen LogP contribution in [0.4, 0.5) is 0 Å². The van der Waals surface area contributed by atoms with Gasteiger partial charge in [0.15, 0.2) is 0 Å². The van der Waals surface area contributed by atoms with Gasteiger partial charge in [-0.3, -0.25) is 0 Å². The summed E-state index contributed by atoms with van der Waals surface area (Å²) < 4.78 is 0. The fourth-order valence-corrected chi connectivity index (χ4v) is 0.913. The highest BCUT2D eigenvalue weighted by atomic mass is 16.3. The van der Waals surface area contributed by atoms with Crippen LogP contribution in [-0.4, -0.2) is 24.3 Å². The first-order valence-electron chi connectivity index (χ1n) is 4.77. The third-order valence-corrected chi connectivity index (χ3v) is 1.38. The maximum absolute atomic E-state index is 8.50. The van der Waals surface area contributed by atoms with E-state index < -0.39 is 0 Å². The van der Waals surface area contributed by atoms with E-state index in [2.05, 4.69) is 5.32 Å². The maximum Gasteiger partial charge on any atom is 0.0584 e. The molecule has 1 rings (SSSR count). The highest BCUT2D eigenvalue weighted by Gasteiger charge is 2.10. The molecule has 2 heteroatoms. The van der Waals surface area contributed by atoms with E-state index in [1.807, 2.05) is 27.7 Å². The van der Waals surface area contributed by atoms with Gasteiger partial charge in [0.05, 0.1) is 6.61 Å². The molecule has 0 spiro atoms. The van der Waals surface area contributed by atoms with Crippen molar-refractivity contribution in [3.8, 4) is 0 Å². The van der Waals surface area contributed by atoms with Gasteiger partial charge in [-0.15, -0.1) is 0 Å². The largest absolute Gasteiger partial charge is 0.395 e. The van der Waals surface area contributed by atoms with Crippen molar-refractivity contribution >= 4 is 0 Å². The fraction of sp³-hybridized carbons (Fsp3) is 1.00. The molecule has 2 N–H and O–H groups in total. The van der Waals surface area contributed by atoms with Crippen LogP contribution in [0.5, 0.6) is 0 Å². The van der Waals surface area contributed by atoms with Crippen LogP contribution in [0.25, 0.3) is 0 Å². The first kappa shape index (κ1) is 13.5. The summed E-state index contributed by atoms with van der Waals surface area (Å²) in [6.07, 6.45) is 2.38. The zero-order chi connectivity index (χ0) is 9.11. The fourth-order valence-electron chi connectivity index (χ4n) is 0.913. The molecule has 1 aliphatic heterocycles. The quantitative estimate of drug-likeness (QED) is 0.614. The Hall–Kier alpha value is -0.0800. The minimum atomic E-state index is 0.306. The molecule has 1 aliphatic rings. The van der Waals surface area contributed by atoms with E-state index in [4.69, 9.17) is 5.11 Å². The van der Waals surface area contributed by atoms with Crippen LogP contribution in [0.2, 0.25) is 0 Å². The van der Waals surface area contributed by atoms with Crippen molar-refractivity contribution in [2.75, 3.05) is 13.2 Å². The Morgan fingerprint density at radius 3 is 2.00 bits per heavy atom. The Morgan fingerprint density at radius 2 is 1.82 bits per heavy atom. The van der Waals surface area contributed by atoms with E-state index in [9.17, 15) is 0 Å². The van der Waals surface area contributed by atoms with E-state index in [1.165, 1.54) is 6.42 Å². The van der Waals surface area contributed by atoms with Crippen molar-refractivity contribution in [1.82, 2.24) is 5.32 Å². The third kappa shape index (κ3) is 7.82. The molecule has 0 radical (unpaired) electrons. The van der Waals surface area contributed by atoms with Gasteiger partial charge in [-0.2, -0.15) is 0 Å². The molecule has 0 aromatic carbocycles. The number of rotatable bonds is 1. The molecular weight excluding hydrogens is 138 g/mol. The lowest BCUT2D eigenvalue weighted by molar-refractivity contribution is 0.255. The minimum Gasteiger partial charge on any atom is -0.395 e. The lowest BCUT2D eigenvalue weighted by Crippen LogP contribution is -2.24. The van der Waals surface area contributed by atoms with Crippen LogP contribution in [0.15, 0.2) is 0 Å². The summed E-state index contributed by atoms with van der Waals surface area (Å²) in [5.74, 6) is 0. The van der Waals surface area contributed by atoms with E-state index in [0.717, 1.165) is 13.0 Å². The van der Waals surface area contributed by atoms with Gasteiger partial charge in [-0.05, 0) is 19.4 Å². The van der Waals surface area contributed by atoms with Crippen molar-refractivity contribution in [3.63, 3.8) is 0 Å². The summed E-state index contributed by atoms with van der Waals surface area (Å²) in [4.78, 5) is 0. The van der Waals surface area contributed by atoms with Gasteiger partial charge in [0.1, 0.15) is 0 Å². The Labute approximate surface area is 71.0 Å². The van der Waals surface area contributed by atoms with Crippen molar-refractivity contribution in [3.05, 3.63) is 0 Å². The highest BCUT2D eigenvalue weighted by molar-refractivity contribution is 4.71. The van der Waals surface area contributed by atoms with Crippen LogP contribution >= 0.6 is 0 Å². The second-order valence-electron chi connectivity index (χ2n) is 1.98. The number of aliphatic hydroxyl groups excluding tert-OH is 1. The van der Waals surface area contributed by atoms with Crippen LogP contribution in [0.3, 0.4) is 0 Å². The van der Waals surface area contributed by atoms with Gasteiger partial charge < -0.3 is 10.4 Å². The molecule has 11 heavy (non-hydrogen) atoms. The van der Waals surface area contributed by atoms with Crippen LogP contribution in [-0.2, 0) is 0 Å². The van der Waals surface area contributed by atoms with Gasteiger partial charge in [-0.25, -0.2) is 0 Å². The SMILES string of the molecule is CC.CC.OCC1CCCN1. The molecule has 70 valence electrons. The zero-order valence-corrected chi connectivity index (χ0v) is 8.35. The summed E-state index contributed by atoms with van der Waals surface area (Å²) in [6, 6.07) is 0.403. The van der Waals surface area contributed by atoms with Gasteiger partial charge in [0, 0.05) is 6.04 Å². The summed E-state index contributed by atoms with van der Waals surface area (Å²) >= 11 is 0. The van der Waals surface area contributed by atoms with Crippen molar-refractivity contribution < 1.29 is 5.11 Å². The standard InChI is InChI=1S/C5H11NO.2C2H6/c7-4-5-2-1-3-6-5;2*1-2/h5-7H,1-4H2;2*1-2H3. The Kier molecular flexibility index (Phi) is 15.4. The summed E-state index contributed by atoms with van der Waals surface area (Å²) in [5, 5.41) is 11.7. The smallest absolute Gasteiger partial charge is 0.0584 e. The molecule has 0 aromatic heterocycles. The molecule has 1 atom stereocenters. The topological polar surface area (TPSA) is 32.3 Å². The maximum atomic E-state index is 8.50. The third-order valence-electron chi connectivity index (χ3n) is 1.38. The summed E-state index contributed by atoms with van der Waals surface area (Å²) in [5.41, 5.74) is 0. The molecule has 1 unspecified atom stereocenters. The van der Waals surface area contributed by atoms with Gasteiger partial charge >= 0.3 is 0 Å².